The third-order valence-electron chi connectivity index (χ3n) is 5.25. The summed E-state index contributed by atoms with van der Waals surface area (Å²) in [6, 6.07) is 6.23. The monoisotopic (exact) mass is 473 g/mol. The van der Waals surface area contributed by atoms with Crippen molar-refractivity contribution in [2.45, 2.75) is 52.5 Å². The maximum atomic E-state index is 13.4. The van der Waals surface area contributed by atoms with Crippen molar-refractivity contribution in [2.75, 3.05) is 18.4 Å². The molecule has 1 amide bonds. The van der Waals surface area contributed by atoms with Crippen molar-refractivity contribution < 1.29 is 17.9 Å². The summed E-state index contributed by atoms with van der Waals surface area (Å²) in [5.74, 6) is -0.00521. The molecule has 10 heteroatoms. The lowest BCUT2D eigenvalue weighted by Gasteiger charge is -2.21. The van der Waals surface area contributed by atoms with E-state index in [2.05, 4.69) is 15.4 Å². The summed E-state index contributed by atoms with van der Waals surface area (Å²) in [5.41, 5.74) is 2.66. The van der Waals surface area contributed by atoms with Crippen LogP contribution >= 0.6 is 0 Å². The standard InChI is InChI=1S/C23H31N5O4S/c1-8-28(9-2)33(30,31)17-10-11-20(32-14(3)4)19(13-17)25-23(29)18-12-15(5)24-22-21(18)16(6)26-27(22)7/h10-14H,8-9H2,1-7H3,(H,25,29). The SMILES string of the molecule is CCN(CC)S(=O)(=O)c1ccc(OC(C)C)c(NC(=O)c2cc(C)nc3c2c(C)nn3C)c1. The van der Waals surface area contributed by atoms with Gasteiger partial charge in [-0.1, -0.05) is 13.8 Å². The lowest BCUT2D eigenvalue weighted by Crippen LogP contribution is -2.30. The molecule has 2 aromatic heterocycles. The zero-order valence-corrected chi connectivity index (χ0v) is 20.9. The Morgan fingerprint density at radius 1 is 1.18 bits per heavy atom. The Bertz CT molecular complexity index is 1290. The molecule has 2 heterocycles. The Morgan fingerprint density at radius 3 is 2.45 bits per heavy atom. The number of carbonyl (C=O) groups excluding carboxylic acids is 1. The fraction of sp³-hybridized carbons (Fsp3) is 0.435. The van der Waals surface area contributed by atoms with E-state index in [1.54, 1.807) is 37.7 Å². The smallest absolute Gasteiger partial charge is 0.256 e. The number of ether oxygens (including phenoxy) is 1. The Balaban J connectivity index is 2.10. The number of hydrogen-bond donors (Lipinski definition) is 1. The molecule has 3 aromatic rings. The van der Waals surface area contributed by atoms with E-state index >= 15 is 0 Å². The molecule has 0 fully saturated rings. The van der Waals surface area contributed by atoms with Gasteiger partial charge in [0.2, 0.25) is 10.0 Å². The summed E-state index contributed by atoms with van der Waals surface area (Å²) >= 11 is 0. The van der Waals surface area contributed by atoms with Gasteiger partial charge in [0, 0.05) is 25.8 Å². The number of pyridine rings is 1. The van der Waals surface area contributed by atoms with Gasteiger partial charge in [0.1, 0.15) is 5.75 Å². The van der Waals surface area contributed by atoms with Gasteiger partial charge in [-0.15, -0.1) is 0 Å². The lowest BCUT2D eigenvalue weighted by molar-refractivity contribution is 0.102. The largest absolute Gasteiger partial charge is 0.489 e. The van der Waals surface area contributed by atoms with Crippen molar-refractivity contribution in [2.24, 2.45) is 7.05 Å². The van der Waals surface area contributed by atoms with Crippen LogP contribution in [0, 0.1) is 13.8 Å². The maximum absolute atomic E-state index is 13.4. The predicted octanol–water partition coefficient (Wildman–Crippen LogP) is 3.66. The minimum atomic E-state index is -3.71. The molecule has 0 aliphatic heterocycles. The van der Waals surface area contributed by atoms with Crippen LogP contribution in [0.15, 0.2) is 29.2 Å². The van der Waals surface area contributed by atoms with Crippen molar-refractivity contribution in [1.29, 1.82) is 0 Å². The molecular formula is C23H31N5O4S. The molecule has 178 valence electrons. The Hall–Kier alpha value is -2.98. The third kappa shape index (κ3) is 4.86. The van der Waals surface area contributed by atoms with E-state index in [1.807, 2.05) is 27.7 Å². The number of rotatable bonds is 8. The Labute approximate surface area is 194 Å². The first-order valence-electron chi connectivity index (χ1n) is 10.9. The molecule has 0 bridgehead atoms. The number of sulfonamides is 1. The molecule has 0 radical (unpaired) electrons. The van der Waals surface area contributed by atoms with Gasteiger partial charge in [-0.3, -0.25) is 9.48 Å². The number of nitrogens with zero attached hydrogens (tertiary/aromatic N) is 4. The number of nitrogens with one attached hydrogen (secondary N) is 1. The molecule has 0 aliphatic carbocycles. The summed E-state index contributed by atoms with van der Waals surface area (Å²) in [4.78, 5) is 18.0. The molecule has 0 unspecified atom stereocenters. The first-order valence-corrected chi connectivity index (χ1v) is 12.4. The third-order valence-corrected chi connectivity index (χ3v) is 7.29. The lowest BCUT2D eigenvalue weighted by atomic mass is 10.1. The molecule has 9 nitrogen and oxygen atoms in total. The highest BCUT2D eigenvalue weighted by Gasteiger charge is 2.25. The zero-order chi connectivity index (χ0) is 24.5. The minimum absolute atomic E-state index is 0.0891. The van der Waals surface area contributed by atoms with Crippen LogP contribution in [0.4, 0.5) is 5.69 Å². The normalized spacial score (nSPS) is 12.0. The number of hydrogen-bond acceptors (Lipinski definition) is 6. The van der Waals surface area contributed by atoms with Gasteiger partial charge in [-0.05, 0) is 52.0 Å². The van der Waals surface area contributed by atoms with E-state index in [0.29, 0.717) is 46.8 Å². The van der Waals surface area contributed by atoms with Gasteiger partial charge >= 0.3 is 0 Å². The fourth-order valence-corrected chi connectivity index (χ4v) is 5.26. The van der Waals surface area contributed by atoms with Crippen LogP contribution in [0.25, 0.3) is 11.0 Å². The Kier molecular flexibility index (Phi) is 7.08. The summed E-state index contributed by atoms with van der Waals surface area (Å²) in [6.45, 7) is 11.6. The number of carbonyl (C=O) groups is 1. The van der Waals surface area contributed by atoms with Gasteiger partial charge in [0.15, 0.2) is 5.65 Å². The average Bonchev–Trinajstić information content (AvgIpc) is 3.02. The maximum Gasteiger partial charge on any atom is 0.256 e. The molecule has 0 spiro atoms. The van der Waals surface area contributed by atoms with Crippen LogP contribution in [0.1, 0.15) is 49.4 Å². The van der Waals surface area contributed by atoms with Crippen molar-refractivity contribution in [3.63, 3.8) is 0 Å². The van der Waals surface area contributed by atoms with Crippen LogP contribution in [-0.2, 0) is 17.1 Å². The van der Waals surface area contributed by atoms with Gasteiger partial charge in [0.25, 0.3) is 5.91 Å². The number of amides is 1. The minimum Gasteiger partial charge on any atom is -0.489 e. The number of aromatic nitrogens is 3. The number of aryl methyl sites for hydroxylation is 3. The molecule has 0 saturated carbocycles. The molecule has 0 saturated heterocycles. The second-order valence-electron chi connectivity index (χ2n) is 8.09. The van der Waals surface area contributed by atoms with Gasteiger partial charge < -0.3 is 10.1 Å². The molecule has 1 N–H and O–H groups in total. The topological polar surface area (TPSA) is 106 Å². The highest BCUT2D eigenvalue weighted by Crippen LogP contribution is 2.31. The Morgan fingerprint density at radius 2 is 1.85 bits per heavy atom. The van der Waals surface area contributed by atoms with Crippen molar-refractivity contribution in [3.8, 4) is 5.75 Å². The summed E-state index contributed by atoms with van der Waals surface area (Å²) in [5, 5.41) is 7.90. The summed E-state index contributed by atoms with van der Waals surface area (Å²) in [6.07, 6.45) is -0.165. The van der Waals surface area contributed by atoms with Gasteiger partial charge in [-0.2, -0.15) is 9.40 Å². The first kappa shape index (κ1) is 24.7. The van der Waals surface area contributed by atoms with Crippen LogP contribution in [0.5, 0.6) is 5.75 Å². The number of fused-ring (bicyclic) bond motifs is 1. The first-order chi connectivity index (χ1) is 15.5. The number of anilines is 1. The van der Waals surface area contributed by atoms with E-state index in [1.165, 1.54) is 16.4 Å². The highest BCUT2D eigenvalue weighted by atomic mass is 32.2. The van der Waals surface area contributed by atoms with Crippen molar-refractivity contribution in [1.82, 2.24) is 19.1 Å². The van der Waals surface area contributed by atoms with Crippen molar-refractivity contribution in [3.05, 3.63) is 41.2 Å². The second kappa shape index (κ2) is 9.48. The van der Waals surface area contributed by atoms with Crippen LogP contribution < -0.4 is 10.1 Å². The van der Waals surface area contributed by atoms with E-state index in [4.69, 9.17) is 4.74 Å². The van der Waals surface area contributed by atoms with Crippen LogP contribution in [-0.4, -0.2) is 52.6 Å². The molecule has 0 aliphatic rings. The molecular weight excluding hydrogens is 442 g/mol. The van der Waals surface area contributed by atoms with Gasteiger partial charge in [-0.25, -0.2) is 13.4 Å². The molecule has 3 rings (SSSR count). The average molecular weight is 474 g/mol. The van der Waals surface area contributed by atoms with E-state index in [-0.39, 0.29) is 16.7 Å². The van der Waals surface area contributed by atoms with Crippen molar-refractivity contribution >= 4 is 32.7 Å². The molecule has 0 atom stereocenters. The van der Waals surface area contributed by atoms with E-state index in [0.717, 1.165) is 0 Å². The fourth-order valence-electron chi connectivity index (χ4n) is 3.78. The highest BCUT2D eigenvalue weighted by molar-refractivity contribution is 7.89. The van der Waals surface area contributed by atoms with Gasteiger partial charge in [0.05, 0.1) is 33.3 Å². The quantitative estimate of drug-likeness (QED) is 0.535. The zero-order valence-electron chi connectivity index (χ0n) is 20.1. The molecule has 33 heavy (non-hydrogen) atoms. The summed E-state index contributed by atoms with van der Waals surface area (Å²) in [7, 11) is -1.93. The molecule has 1 aromatic carbocycles. The van der Waals surface area contributed by atoms with Crippen LogP contribution in [0.2, 0.25) is 0 Å². The van der Waals surface area contributed by atoms with Crippen LogP contribution in [0.3, 0.4) is 0 Å². The van der Waals surface area contributed by atoms with E-state index < -0.39 is 15.9 Å². The second-order valence-corrected chi connectivity index (χ2v) is 10.0. The van der Waals surface area contributed by atoms with E-state index in [9.17, 15) is 13.2 Å². The number of benzene rings is 1. The summed E-state index contributed by atoms with van der Waals surface area (Å²) < 4.78 is 35.0. The predicted molar refractivity (Wildman–Crippen MR) is 128 cm³/mol.